The number of anilines is 1. The highest BCUT2D eigenvalue weighted by molar-refractivity contribution is 5.72. The maximum absolute atomic E-state index is 5.88. The lowest BCUT2D eigenvalue weighted by molar-refractivity contribution is -0.00571. The SMILES string of the molecule is C[C@@H]1CN(c2ncc3c(n2)-c2ccccc2C2(CCNCC2)C3)C[C@H](C)O1. The molecule has 1 spiro atoms. The summed E-state index contributed by atoms with van der Waals surface area (Å²) in [5.41, 5.74) is 5.45. The molecule has 5 rings (SSSR count). The van der Waals surface area contributed by atoms with Gasteiger partial charge in [-0.25, -0.2) is 9.97 Å². The van der Waals surface area contributed by atoms with E-state index in [0.717, 1.165) is 44.2 Å². The third kappa shape index (κ3) is 2.93. The fraction of sp³-hybridized carbons (Fsp3) is 0.545. The highest BCUT2D eigenvalue weighted by Crippen LogP contribution is 2.47. The molecule has 2 fully saturated rings. The Kier molecular flexibility index (Phi) is 4.17. The molecule has 2 atom stereocenters. The first-order valence-electron chi connectivity index (χ1n) is 10.2. The largest absolute Gasteiger partial charge is 0.372 e. The molecule has 1 N–H and O–H groups in total. The van der Waals surface area contributed by atoms with Gasteiger partial charge in [0.05, 0.1) is 17.9 Å². The molecule has 0 saturated carbocycles. The number of rotatable bonds is 1. The molecule has 27 heavy (non-hydrogen) atoms. The van der Waals surface area contributed by atoms with Crippen LogP contribution in [0, 0.1) is 0 Å². The van der Waals surface area contributed by atoms with Crippen LogP contribution in [0.4, 0.5) is 5.95 Å². The van der Waals surface area contributed by atoms with Crippen molar-refractivity contribution in [2.45, 2.75) is 50.7 Å². The number of hydrogen-bond donors (Lipinski definition) is 1. The highest BCUT2D eigenvalue weighted by atomic mass is 16.5. The van der Waals surface area contributed by atoms with E-state index in [0.29, 0.717) is 0 Å². The molecular formula is C22H28N4O. The van der Waals surface area contributed by atoms with Crippen LogP contribution in [0.3, 0.4) is 0 Å². The van der Waals surface area contributed by atoms with Crippen molar-refractivity contribution in [3.8, 4) is 11.3 Å². The average molecular weight is 364 g/mol. The van der Waals surface area contributed by atoms with Crippen LogP contribution in [0.2, 0.25) is 0 Å². The summed E-state index contributed by atoms with van der Waals surface area (Å²) in [6, 6.07) is 8.90. The topological polar surface area (TPSA) is 50.3 Å². The van der Waals surface area contributed by atoms with Gasteiger partial charge in [0, 0.05) is 30.3 Å². The van der Waals surface area contributed by atoms with Crippen LogP contribution in [0.25, 0.3) is 11.3 Å². The van der Waals surface area contributed by atoms with Gasteiger partial charge in [-0.2, -0.15) is 0 Å². The van der Waals surface area contributed by atoms with E-state index in [2.05, 4.69) is 54.5 Å². The van der Waals surface area contributed by atoms with E-state index >= 15 is 0 Å². The third-order valence-electron chi connectivity index (χ3n) is 6.40. The van der Waals surface area contributed by atoms with Gasteiger partial charge < -0.3 is 15.0 Å². The smallest absolute Gasteiger partial charge is 0.226 e. The Morgan fingerprint density at radius 2 is 1.85 bits per heavy atom. The number of aromatic nitrogens is 2. The summed E-state index contributed by atoms with van der Waals surface area (Å²) in [6.07, 6.45) is 5.92. The minimum absolute atomic E-state index is 0.207. The zero-order valence-corrected chi connectivity index (χ0v) is 16.2. The molecule has 5 nitrogen and oxygen atoms in total. The minimum Gasteiger partial charge on any atom is -0.372 e. The summed E-state index contributed by atoms with van der Waals surface area (Å²) in [6.45, 7) is 8.12. The number of morpholine rings is 1. The zero-order chi connectivity index (χ0) is 18.4. The van der Waals surface area contributed by atoms with Crippen molar-refractivity contribution in [3.63, 3.8) is 0 Å². The number of hydrogen-bond acceptors (Lipinski definition) is 5. The summed E-state index contributed by atoms with van der Waals surface area (Å²) in [5, 5.41) is 3.52. The first-order valence-corrected chi connectivity index (χ1v) is 10.2. The van der Waals surface area contributed by atoms with Crippen molar-refractivity contribution < 1.29 is 4.74 Å². The Hall–Kier alpha value is -1.98. The molecule has 3 aliphatic rings. The molecule has 2 saturated heterocycles. The summed E-state index contributed by atoms with van der Waals surface area (Å²) < 4.78 is 5.88. The van der Waals surface area contributed by atoms with E-state index < -0.39 is 0 Å². The highest BCUT2D eigenvalue weighted by Gasteiger charge is 2.40. The first-order chi connectivity index (χ1) is 13.1. The monoisotopic (exact) mass is 364 g/mol. The maximum Gasteiger partial charge on any atom is 0.226 e. The molecule has 0 bridgehead atoms. The molecule has 5 heteroatoms. The molecular weight excluding hydrogens is 336 g/mol. The van der Waals surface area contributed by atoms with Gasteiger partial charge in [0.25, 0.3) is 0 Å². The molecule has 0 radical (unpaired) electrons. The molecule has 2 aromatic rings. The molecule has 0 unspecified atom stereocenters. The number of piperidine rings is 1. The van der Waals surface area contributed by atoms with Gasteiger partial charge in [-0.3, -0.25) is 0 Å². The van der Waals surface area contributed by atoms with Crippen molar-refractivity contribution in [2.75, 3.05) is 31.1 Å². The Bertz CT molecular complexity index is 836. The molecule has 142 valence electrons. The summed E-state index contributed by atoms with van der Waals surface area (Å²) in [4.78, 5) is 12.1. The molecule has 2 aliphatic heterocycles. The summed E-state index contributed by atoms with van der Waals surface area (Å²) in [7, 11) is 0. The molecule has 1 aromatic heterocycles. The number of nitrogens with zero attached hydrogens (tertiary/aromatic N) is 3. The Morgan fingerprint density at radius 1 is 1.11 bits per heavy atom. The Labute approximate surface area is 161 Å². The average Bonchev–Trinajstić information content (AvgIpc) is 2.68. The van der Waals surface area contributed by atoms with Crippen LogP contribution in [-0.4, -0.2) is 48.4 Å². The lowest BCUT2D eigenvalue weighted by atomic mass is 9.64. The number of benzene rings is 1. The van der Waals surface area contributed by atoms with Gasteiger partial charge in [-0.1, -0.05) is 24.3 Å². The van der Waals surface area contributed by atoms with E-state index in [4.69, 9.17) is 14.7 Å². The second-order valence-electron chi connectivity index (χ2n) is 8.46. The van der Waals surface area contributed by atoms with Crippen molar-refractivity contribution in [3.05, 3.63) is 41.6 Å². The molecule has 0 amide bonds. The van der Waals surface area contributed by atoms with E-state index in [1.807, 2.05) is 0 Å². The lowest BCUT2D eigenvalue weighted by Gasteiger charge is -2.43. The minimum atomic E-state index is 0.207. The first kappa shape index (κ1) is 17.1. The van der Waals surface area contributed by atoms with Crippen LogP contribution in [0.5, 0.6) is 0 Å². The number of ether oxygens (including phenoxy) is 1. The van der Waals surface area contributed by atoms with Gasteiger partial charge in [0.1, 0.15) is 0 Å². The van der Waals surface area contributed by atoms with Crippen LogP contribution >= 0.6 is 0 Å². The van der Waals surface area contributed by atoms with E-state index in [-0.39, 0.29) is 17.6 Å². The summed E-state index contributed by atoms with van der Waals surface area (Å²) >= 11 is 0. The second-order valence-corrected chi connectivity index (χ2v) is 8.46. The van der Waals surface area contributed by atoms with Crippen LogP contribution in [0.15, 0.2) is 30.5 Å². The van der Waals surface area contributed by atoms with Crippen molar-refractivity contribution >= 4 is 5.95 Å². The Morgan fingerprint density at radius 3 is 2.63 bits per heavy atom. The van der Waals surface area contributed by atoms with Crippen LogP contribution in [0.1, 0.15) is 37.8 Å². The molecule has 3 heterocycles. The predicted octanol–water partition coefficient (Wildman–Crippen LogP) is 2.93. The predicted molar refractivity (Wildman–Crippen MR) is 107 cm³/mol. The van der Waals surface area contributed by atoms with E-state index in [1.54, 1.807) is 0 Å². The molecule has 1 aliphatic carbocycles. The zero-order valence-electron chi connectivity index (χ0n) is 16.2. The van der Waals surface area contributed by atoms with Crippen LogP contribution in [-0.2, 0) is 16.6 Å². The Balaban J connectivity index is 1.56. The van der Waals surface area contributed by atoms with Gasteiger partial charge in [0.2, 0.25) is 5.95 Å². The van der Waals surface area contributed by atoms with Gasteiger partial charge in [0.15, 0.2) is 0 Å². The number of fused-ring (bicyclic) bond motifs is 4. The summed E-state index contributed by atoms with van der Waals surface area (Å²) in [5.74, 6) is 0.840. The van der Waals surface area contributed by atoms with E-state index in [1.165, 1.54) is 29.5 Å². The maximum atomic E-state index is 5.88. The van der Waals surface area contributed by atoms with E-state index in [9.17, 15) is 0 Å². The number of nitrogens with one attached hydrogen (secondary N) is 1. The van der Waals surface area contributed by atoms with Gasteiger partial charge in [-0.05, 0) is 57.3 Å². The second kappa shape index (κ2) is 6.57. The van der Waals surface area contributed by atoms with Crippen molar-refractivity contribution in [1.29, 1.82) is 0 Å². The quantitative estimate of drug-likeness (QED) is 0.843. The fourth-order valence-electron chi connectivity index (χ4n) is 5.22. The third-order valence-corrected chi connectivity index (χ3v) is 6.40. The van der Waals surface area contributed by atoms with Gasteiger partial charge >= 0.3 is 0 Å². The lowest BCUT2D eigenvalue weighted by Crippen LogP contribution is -2.46. The van der Waals surface area contributed by atoms with Crippen molar-refractivity contribution in [1.82, 2.24) is 15.3 Å². The molecule has 1 aromatic carbocycles. The normalized spacial score (nSPS) is 26.5. The van der Waals surface area contributed by atoms with Crippen LogP contribution < -0.4 is 10.2 Å². The standard InChI is InChI=1S/C22H28N4O/c1-15-13-26(14-16(2)27-15)21-24-12-17-11-22(7-9-23-10-8-22)19-6-4-3-5-18(19)20(17)25-21/h3-6,12,15-16,23H,7-11,13-14H2,1-2H3/t15-,16+. The fourth-order valence-corrected chi connectivity index (χ4v) is 5.22. The van der Waals surface area contributed by atoms with Crippen molar-refractivity contribution in [2.24, 2.45) is 0 Å². The van der Waals surface area contributed by atoms with Gasteiger partial charge in [-0.15, -0.1) is 0 Å².